The molecule has 1 aliphatic rings. The van der Waals surface area contributed by atoms with Crippen LogP contribution in [0.5, 0.6) is 28.7 Å². The van der Waals surface area contributed by atoms with Crippen molar-refractivity contribution in [1.82, 2.24) is 15.0 Å². The van der Waals surface area contributed by atoms with Crippen molar-refractivity contribution in [1.29, 1.82) is 0 Å². The van der Waals surface area contributed by atoms with Crippen LogP contribution >= 0.6 is 11.6 Å². The minimum Gasteiger partial charge on any atom is -0.497 e. The van der Waals surface area contributed by atoms with Gasteiger partial charge in [-0.3, -0.25) is 9.69 Å². The first-order valence-corrected chi connectivity index (χ1v) is 13.5. The zero-order valence-electron chi connectivity index (χ0n) is 23.1. The van der Waals surface area contributed by atoms with Crippen molar-refractivity contribution in [3.8, 4) is 40.1 Å². The molecule has 214 valence electrons. The smallest absolute Gasteiger partial charge is 0.241 e. The molecule has 0 radical (unpaired) electrons. The number of piperidine rings is 1. The quantitative estimate of drug-likeness (QED) is 0.240. The summed E-state index contributed by atoms with van der Waals surface area (Å²) in [6, 6.07) is 17.8. The van der Waals surface area contributed by atoms with E-state index in [9.17, 15) is 4.79 Å². The van der Waals surface area contributed by atoms with E-state index in [-0.39, 0.29) is 11.8 Å². The molecule has 1 unspecified atom stereocenters. The molecule has 1 fully saturated rings. The fourth-order valence-corrected chi connectivity index (χ4v) is 4.88. The van der Waals surface area contributed by atoms with Crippen LogP contribution < -0.4 is 24.3 Å². The molecule has 0 spiro atoms. The van der Waals surface area contributed by atoms with E-state index in [0.717, 1.165) is 30.7 Å². The Morgan fingerprint density at radius 1 is 0.976 bits per heavy atom. The van der Waals surface area contributed by atoms with Gasteiger partial charge in [0.05, 0.1) is 39.5 Å². The Bertz CT molecular complexity index is 1490. The van der Waals surface area contributed by atoms with E-state index < -0.39 is 0 Å². The van der Waals surface area contributed by atoms with Gasteiger partial charge in [-0.2, -0.15) is 4.98 Å². The van der Waals surface area contributed by atoms with E-state index in [1.807, 2.05) is 6.07 Å². The highest BCUT2D eigenvalue weighted by Crippen LogP contribution is 2.34. The topological polar surface area (TPSA) is 108 Å². The maximum Gasteiger partial charge on any atom is 0.241 e. The van der Waals surface area contributed by atoms with E-state index >= 15 is 0 Å². The van der Waals surface area contributed by atoms with Crippen molar-refractivity contribution in [3.05, 3.63) is 71.6 Å². The van der Waals surface area contributed by atoms with Gasteiger partial charge in [0.2, 0.25) is 17.6 Å². The van der Waals surface area contributed by atoms with Gasteiger partial charge in [-0.25, -0.2) is 0 Å². The lowest BCUT2D eigenvalue weighted by atomic mass is 9.97. The molecule has 1 atom stereocenters. The molecule has 0 aliphatic carbocycles. The van der Waals surface area contributed by atoms with E-state index in [1.165, 1.54) is 0 Å². The van der Waals surface area contributed by atoms with Crippen LogP contribution in [0.15, 0.2) is 65.2 Å². The molecule has 41 heavy (non-hydrogen) atoms. The monoisotopic (exact) mass is 578 g/mol. The van der Waals surface area contributed by atoms with Crippen LogP contribution in [0.3, 0.4) is 0 Å². The van der Waals surface area contributed by atoms with Crippen molar-refractivity contribution in [2.24, 2.45) is 5.92 Å². The predicted octanol–water partition coefficient (Wildman–Crippen LogP) is 6.06. The van der Waals surface area contributed by atoms with E-state index in [1.54, 1.807) is 75.9 Å². The molecule has 0 bridgehead atoms. The van der Waals surface area contributed by atoms with Gasteiger partial charge in [-0.05, 0) is 80.1 Å². The zero-order chi connectivity index (χ0) is 28.8. The summed E-state index contributed by atoms with van der Waals surface area (Å²) in [7, 11) is 4.77. The SMILES string of the molecule is COc1ccc(Oc2ccc(Cl)cc2NC(=O)C2CCCN(Cc3nc(-c4ccc(OC)c(OC)c4)no3)C2)cc1. The van der Waals surface area contributed by atoms with E-state index in [4.69, 9.17) is 35.1 Å². The van der Waals surface area contributed by atoms with Gasteiger partial charge in [-0.1, -0.05) is 16.8 Å². The zero-order valence-corrected chi connectivity index (χ0v) is 23.8. The number of methoxy groups -OCH3 is 3. The second-order valence-corrected chi connectivity index (χ2v) is 10.00. The highest BCUT2D eigenvalue weighted by Gasteiger charge is 2.28. The Hall–Kier alpha value is -4.28. The number of ether oxygens (including phenoxy) is 4. The summed E-state index contributed by atoms with van der Waals surface area (Å²) in [5.41, 5.74) is 1.26. The number of nitrogens with zero attached hydrogens (tertiary/aromatic N) is 3. The number of anilines is 1. The number of aromatic nitrogens is 2. The molecule has 5 rings (SSSR count). The number of halogens is 1. The Kier molecular flexibility index (Phi) is 8.91. The van der Waals surface area contributed by atoms with Gasteiger partial charge < -0.3 is 28.8 Å². The number of benzene rings is 3. The lowest BCUT2D eigenvalue weighted by molar-refractivity contribution is -0.121. The van der Waals surface area contributed by atoms with Crippen LogP contribution in [0.25, 0.3) is 11.4 Å². The summed E-state index contributed by atoms with van der Waals surface area (Å²) < 4.78 is 27.5. The molecule has 1 saturated heterocycles. The fraction of sp³-hybridized carbons (Fsp3) is 0.300. The largest absolute Gasteiger partial charge is 0.497 e. The highest BCUT2D eigenvalue weighted by atomic mass is 35.5. The summed E-state index contributed by atoms with van der Waals surface area (Å²) in [6.45, 7) is 1.81. The molecule has 1 aliphatic heterocycles. The maximum absolute atomic E-state index is 13.3. The van der Waals surface area contributed by atoms with Crippen LogP contribution in [0.4, 0.5) is 5.69 Å². The third-order valence-electron chi connectivity index (χ3n) is 6.83. The van der Waals surface area contributed by atoms with Gasteiger partial charge in [-0.15, -0.1) is 0 Å². The number of hydrogen-bond acceptors (Lipinski definition) is 9. The van der Waals surface area contributed by atoms with Gasteiger partial charge in [0.25, 0.3) is 0 Å². The minimum atomic E-state index is -0.232. The maximum atomic E-state index is 13.3. The van der Waals surface area contributed by atoms with Gasteiger partial charge in [0.1, 0.15) is 11.5 Å². The summed E-state index contributed by atoms with van der Waals surface area (Å²) in [4.78, 5) is 20.0. The number of carbonyl (C=O) groups is 1. The third kappa shape index (κ3) is 6.90. The van der Waals surface area contributed by atoms with E-state index in [2.05, 4.69) is 20.4 Å². The number of amides is 1. The first-order valence-electron chi connectivity index (χ1n) is 13.2. The van der Waals surface area contributed by atoms with Crippen molar-refractivity contribution >= 4 is 23.2 Å². The first kappa shape index (κ1) is 28.3. The van der Waals surface area contributed by atoms with Gasteiger partial charge >= 0.3 is 0 Å². The van der Waals surface area contributed by atoms with Gasteiger partial charge in [0.15, 0.2) is 17.2 Å². The van der Waals surface area contributed by atoms with Crippen molar-refractivity contribution in [3.63, 3.8) is 0 Å². The van der Waals surface area contributed by atoms with Crippen molar-refractivity contribution < 1.29 is 28.3 Å². The number of nitrogens with one attached hydrogen (secondary N) is 1. The number of rotatable bonds is 10. The summed E-state index contributed by atoms with van der Waals surface area (Å²) in [5, 5.41) is 7.65. The van der Waals surface area contributed by atoms with Crippen LogP contribution in [-0.4, -0.2) is 55.4 Å². The number of carbonyl (C=O) groups excluding carboxylic acids is 1. The first-order chi connectivity index (χ1) is 19.9. The molecule has 4 aromatic rings. The Balaban J connectivity index is 1.22. The number of hydrogen-bond donors (Lipinski definition) is 1. The molecular weight excluding hydrogens is 548 g/mol. The molecular formula is C30H31ClN4O6. The molecule has 1 N–H and O–H groups in total. The average Bonchev–Trinajstić information content (AvgIpc) is 3.47. The second-order valence-electron chi connectivity index (χ2n) is 9.56. The van der Waals surface area contributed by atoms with Crippen LogP contribution in [0.1, 0.15) is 18.7 Å². The summed E-state index contributed by atoms with van der Waals surface area (Å²) in [5.74, 6) is 3.62. The van der Waals surface area contributed by atoms with Crippen molar-refractivity contribution in [2.45, 2.75) is 19.4 Å². The van der Waals surface area contributed by atoms with Gasteiger partial charge in [0, 0.05) is 17.1 Å². The number of likely N-dealkylation sites (tertiary alicyclic amines) is 1. The highest BCUT2D eigenvalue weighted by molar-refractivity contribution is 6.31. The lowest BCUT2D eigenvalue weighted by Crippen LogP contribution is -2.40. The van der Waals surface area contributed by atoms with E-state index in [0.29, 0.717) is 58.5 Å². The molecule has 0 saturated carbocycles. The van der Waals surface area contributed by atoms with Crippen molar-refractivity contribution in [2.75, 3.05) is 39.7 Å². The normalized spacial score (nSPS) is 15.3. The predicted molar refractivity (Wildman–Crippen MR) is 154 cm³/mol. The van der Waals surface area contributed by atoms with Crippen LogP contribution in [0.2, 0.25) is 5.02 Å². The Morgan fingerprint density at radius 2 is 1.73 bits per heavy atom. The molecule has 1 amide bonds. The summed E-state index contributed by atoms with van der Waals surface area (Å²) >= 11 is 6.25. The molecule has 1 aromatic heterocycles. The Morgan fingerprint density at radius 3 is 2.49 bits per heavy atom. The molecule has 2 heterocycles. The molecule has 3 aromatic carbocycles. The average molecular weight is 579 g/mol. The minimum absolute atomic E-state index is 0.104. The third-order valence-corrected chi connectivity index (χ3v) is 7.07. The van der Waals surface area contributed by atoms with Crippen LogP contribution in [-0.2, 0) is 11.3 Å². The Labute approximate surface area is 243 Å². The summed E-state index contributed by atoms with van der Waals surface area (Å²) in [6.07, 6.45) is 1.62. The standard InChI is InChI=1S/C30H31ClN4O6/c1-37-22-8-10-23(11-9-22)40-25-13-7-21(31)16-24(25)32-30(36)20-5-4-14-35(17-20)18-28-33-29(34-41-28)19-6-12-26(38-2)27(15-19)39-3/h6-13,15-16,20H,4-5,14,17-18H2,1-3H3,(H,32,36). The van der Waals surface area contributed by atoms with Crippen LogP contribution in [0, 0.1) is 5.92 Å². The second kappa shape index (κ2) is 12.9. The molecule has 10 nitrogen and oxygen atoms in total. The lowest BCUT2D eigenvalue weighted by Gasteiger charge is -2.31. The molecule has 11 heteroatoms. The fourth-order valence-electron chi connectivity index (χ4n) is 4.71.